The van der Waals surface area contributed by atoms with Crippen molar-refractivity contribution in [3.8, 4) is 0 Å². The summed E-state index contributed by atoms with van der Waals surface area (Å²) in [5, 5.41) is 8.62. The molecule has 3 nitrogen and oxygen atoms in total. The lowest BCUT2D eigenvalue weighted by Crippen LogP contribution is -2.13. The van der Waals surface area contributed by atoms with E-state index in [2.05, 4.69) is 15.9 Å². The van der Waals surface area contributed by atoms with Gasteiger partial charge in [0, 0.05) is 21.8 Å². The number of hydrogen-bond donors (Lipinski definition) is 2. The molecule has 1 unspecified atom stereocenters. The lowest BCUT2D eigenvalue weighted by Gasteiger charge is -2.15. The van der Waals surface area contributed by atoms with Gasteiger partial charge in [-0.05, 0) is 36.4 Å². The third kappa shape index (κ3) is 3.81. The molecule has 5 heteroatoms. The van der Waals surface area contributed by atoms with Crippen molar-refractivity contribution in [2.45, 2.75) is 23.8 Å². The van der Waals surface area contributed by atoms with Crippen LogP contribution in [0.4, 0.5) is 0 Å². The maximum absolute atomic E-state index is 10.5. The van der Waals surface area contributed by atoms with Crippen LogP contribution in [0.2, 0.25) is 0 Å². The number of carboxylic acid groups (broad SMARTS) is 1. The van der Waals surface area contributed by atoms with Gasteiger partial charge in [0.05, 0.1) is 0 Å². The van der Waals surface area contributed by atoms with E-state index in [-0.39, 0.29) is 12.5 Å². The van der Waals surface area contributed by atoms with E-state index < -0.39 is 5.97 Å². The Hall–Kier alpha value is -0.520. The van der Waals surface area contributed by atoms with Crippen LogP contribution in [-0.2, 0) is 4.79 Å². The van der Waals surface area contributed by atoms with Crippen molar-refractivity contribution in [1.29, 1.82) is 0 Å². The highest BCUT2D eigenvalue weighted by atomic mass is 79.9. The molecule has 0 radical (unpaired) electrons. The largest absolute Gasteiger partial charge is 0.481 e. The maximum Gasteiger partial charge on any atom is 0.303 e. The molecule has 0 fully saturated rings. The maximum atomic E-state index is 10.5. The van der Waals surface area contributed by atoms with E-state index in [9.17, 15) is 4.79 Å². The Morgan fingerprint density at radius 1 is 1.62 bits per heavy atom. The summed E-state index contributed by atoms with van der Waals surface area (Å²) < 4.78 is 0.964. The van der Waals surface area contributed by atoms with E-state index in [0.717, 1.165) is 14.9 Å². The third-order valence-electron chi connectivity index (χ3n) is 2.26. The quantitative estimate of drug-likeness (QED) is 0.821. The number of carbonyl (C=O) groups is 1. The highest BCUT2D eigenvalue weighted by Crippen LogP contribution is 2.29. The van der Waals surface area contributed by atoms with Gasteiger partial charge >= 0.3 is 5.97 Å². The second-order valence-electron chi connectivity index (χ2n) is 3.43. The van der Waals surface area contributed by atoms with Crippen molar-refractivity contribution in [2.24, 2.45) is 5.73 Å². The number of rotatable bonds is 5. The standard InChI is InChI=1S/C11H14BrNO2S/c1-16-10-4-2-7(12)6-8(10)9(13)3-5-11(14)15/h2,4,6,9H,3,5,13H2,1H3,(H,14,15). The number of halogens is 1. The number of carboxylic acids is 1. The first-order valence-electron chi connectivity index (χ1n) is 4.85. The molecule has 0 saturated carbocycles. The summed E-state index contributed by atoms with van der Waals surface area (Å²) in [6.45, 7) is 0. The average molecular weight is 304 g/mol. The second-order valence-corrected chi connectivity index (χ2v) is 5.19. The van der Waals surface area contributed by atoms with Crippen LogP contribution in [0.15, 0.2) is 27.6 Å². The van der Waals surface area contributed by atoms with E-state index >= 15 is 0 Å². The number of hydrogen-bond acceptors (Lipinski definition) is 3. The molecule has 0 aromatic heterocycles. The molecule has 0 saturated heterocycles. The van der Waals surface area contributed by atoms with Crippen LogP contribution < -0.4 is 5.73 Å². The number of nitrogens with two attached hydrogens (primary N) is 1. The molecule has 0 spiro atoms. The Kier molecular flexibility index (Phi) is 5.31. The van der Waals surface area contributed by atoms with Crippen LogP contribution in [0.25, 0.3) is 0 Å². The number of thioether (sulfide) groups is 1. The summed E-state index contributed by atoms with van der Waals surface area (Å²) in [6.07, 6.45) is 2.54. The Morgan fingerprint density at radius 2 is 2.31 bits per heavy atom. The first kappa shape index (κ1) is 13.5. The number of benzene rings is 1. The molecule has 88 valence electrons. The zero-order chi connectivity index (χ0) is 12.1. The normalized spacial score (nSPS) is 12.4. The highest BCUT2D eigenvalue weighted by Gasteiger charge is 2.12. The summed E-state index contributed by atoms with van der Waals surface area (Å²) in [5.41, 5.74) is 6.99. The fraction of sp³-hybridized carbons (Fsp3) is 0.364. The Bertz CT molecular complexity index is 384. The molecule has 1 aromatic rings. The molecule has 0 bridgehead atoms. The van der Waals surface area contributed by atoms with Gasteiger partial charge in [-0.2, -0.15) is 0 Å². The van der Waals surface area contributed by atoms with Gasteiger partial charge in [-0.3, -0.25) is 4.79 Å². The summed E-state index contributed by atoms with van der Waals surface area (Å²) in [4.78, 5) is 11.6. The SMILES string of the molecule is CSc1ccc(Br)cc1C(N)CCC(=O)O. The minimum Gasteiger partial charge on any atom is -0.481 e. The molecular formula is C11H14BrNO2S. The van der Waals surface area contributed by atoms with Crippen molar-refractivity contribution >= 4 is 33.7 Å². The summed E-state index contributed by atoms with van der Waals surface area (Å²) in [6, 6.07) is 5.68. The average Bonchev–Trinajstić information content (AvgIpc) is 2.25. The van der Waals surface area contributed by atoms with E-state index in [1.807, 2.05) is 24.5 Å². The molecular weight excluding hydrogens is 290 g/mol. The smallest absolute Gasteiger partial charge is 0.303 e. The first-order chi connectivity index (χ1) is 7.54. The van der Waals surface area contributed by atoms with E-state index in [1.54, 1.807) is 11.8 Å². The van der Waals surface area contributed by atoms with Gasteiger partial charge in [0.1, 0.15) is 0 Å². The van der Waals surface area contributed by atoms with Gasteiger partial charge in [0.15, 0.2) is 0 Å². The molecule has 0 amide bonds. The Morgan fingerprint density at radius 3 is 2.88 bits per heavy atom. The van der Waals surface area contributed by atoms with E-state index in [0.29, 0.717) is 6.42 Å². The van der Waals surface area contributed by atoms with Crippen LogP contribution in [0, 0.1) is 0 Å². The minimum atomic E-state index is -0.809. The molecule has 1 rings (SSSR count). The third-order valence-corrected chi connectivity index (χ3v) is 3.57. The topological polar surface area (TPSA) is 63.3 Å². The molecule has 0 aliphatic heterocycles. The lowest BCUT2D eigenvalue weighted by molar-refractivity contribution is -0.137. The van der Waals surface area contributed by atoms with Gasteiger partial charge in [-0.25, -0.2) is 0 Å². The van der Waals surface area contributed by atoms with Crippen molar-refractivity contribution < 1.29 is 9.90 Å². The minimum absolute atomic E-state index is 0.0987. The fourth-order valence-corrected chi connectivity index (χ4v) is 2.46. The Labute approximate surface area is 108 Å². The van der Waals surface area contributed by atoms with Gasteiger partial charge in [0.25, 0.3) is 0 Å². The molecule has 0 aliphatic carbocycles. The predicted molar refractivity (Wildman–Crippen MR) is 69.7 cm³/mol. The molecule has 16 heavy (non-hydrogen) atoms. The monoisotopic (exact) mass is 303 g/mol. The van der Waals surface area contributed by atoms with Crippen LogP contribution >= 0.6 is 27.7 Å². The second kappa shape index (κ2) is 6.27. The molecule has 1 atom stereocenters. The Balaban J connectivity index is 2.84. The summed E-state index contributed by atoms with van der Waals surface area (Å²) in [5.74, 6) is -0.809. The van der Waals surface area contributed by atoms with E-state index in [1.165, 1.54) is 0 Å². The molecule has 1 aromatic carbocycles. The van der Waals surface area contributed by atoms with Gasteiger partial charge in [-0.15, -0.1) is 11.8 Å². The zero-order valence-electron chi connectivity index (χ0n) is 8.94. The molecule has 0 aliphatic rings. The van der Waals surface area contributed by atoms with Crippen LogP contribution in [0.3, 0.4) is 0 Å². The predicted octanol–water partition coefficient (Wildman–Crippen LogP) is 3.04. The van der Waals surface area contributed by atoms with Crippen molar-refractivity contribution in [3.63, 3.8) is 0 Å². The van der Waals surface area contributed by atoms with Gasteiger partial charge in [-0.1, -0.05) is 15.9 Å². The fourth-order valence-electron chi connectivity index (χ4n) is 1.43. The van der Waals surface area contributed by atoms with Crippen molar-refractivity contribution in [3.05, 3.63) is 28.2 Å². The van der Waals surface area contributed by atoms with E-state index in [4.69, 9.17) is 10.8 Å². The summed E-state index contributed by atoms with van der Waals surface area (Å²) in [7, 11) is 0. The number of aliphatic carboxylic acids is 1. The zero-order valence-corrected chi connectivity index (χ0v) is 11.3. The molecule has 3 N–H and O–H groups in total. The van der Waals surface area contributed by atoms with Gasteiger partial charge in [0.2, 0.25) is 0 Å². The molecule has 0 heterocycles. The van der Waals surface area contributed by atoms with Gasteiger partial charge < -0.3 is 10.8 Å². The lowest BCUT2D eigenvalue weighted by atomic mass is 10.0. The summed E-state index contributed by atoms with van der Waals surface area (Å²) >= 11 is 5.01. The van der Waals surface area contributed by atoms with Crippen LogP contribution in [-0.4, -0.2) is 17.3 Å². The highest BCUT2D eigenvalue weighted by molar-refractivity contribution is 9.10. The van der Waals surface area contributed by atoms with Crippen molar-refractivity contribution in [2.75, 3.05) is 6.26 Å². The van der Waals surface area contributed by atoms with Crippen LogP contribution in [0.1, 0.15) is 24.4 Å². The first-order valence-corrected chi connectivity index (χ1v) is 6.87. The van der Waals surface area contributed by atoms with Crippen LogP contribution in [0.5, 0.6) is 0 Å². The van der Waals surface area contributed by atoms with Crippen molar-refractivity contribution in [1.82, 2.24) is 0 Å².